The van der Waals surface area contributed by atoms with Gasteiger partial charge in [-0.15, -0.1) is 0 Å². The SMILES string of the molecule is COc1cc(C(=O)Oc2c(-c3ccc(Cl)cc3)oc3ccccc3c2=O)cc(OC)c1OC. The zero-order valence-corrected chi connectivity index (χ0v) is 18.8. The third-order valence-electron chi connectivity index (χ3n) is 4.96. The van der Waals surface area contributed by atoms with Gasteiger partial charge >= 0.3 is 5.97 Å². The molecule has 0 radical (unpaired) electrons. The smallest absolute Gasteiger partial charge is 0.344 e. The lowest BCUT2D eigenvalue weighted by molar-refractivity contribution is 0.0730. The Morgan fingerprint density at radius 1 is 0.848 bits per heavy atom. The molecule has 0 N–H and O–H groups in total. The van der Waals surface area contributed by atoms with Crippen molar-refractivity contribution in [3.8, 4) is 34.3 Å². The number of carbonyl (C=O) groups excluding carboxylic acids is 1. The molecule has 0 fully saturated rings. The van der Waals surface area contributed by atoms with Gasteiger partial charge in [0.05, 0.1) is 32.3 Å². The van der Waals surface area contributed by atoms with E-state index in [1.807, 2.05) is 0 Å². The largest absolute Gasteiger partial charge is 0.493 e. The van der Waals surface area contributed by atoms with E-state index >= 15 is 0 Å². The van der Waals surface area contributed by atoms with E-state index in [2.05, 4.69) is 0 Å². The maximum Gasteiger partial charge on any atom is 0.344 e. The van der Waals surface area contributed by atoms with Crippen LogP contribution in [0.15, 0.2) is 69.9 Å². The van der Waals surface area contributed by atoms with Crippen LogP contribution >= 0.6 is 11.6 Å². The Morgan fingerprint density at radius 2 is 1.48 bits per heavy atom. The van der Waals surface area contributed by atoms with Crippen molar-refractivity contribution in [1.29, 1.82) is 0 Å². The highest BCUT2D eigenvalue weighted by Crippen LogP contribution is 2.39. The lowest BCUT2D eigenvalue weighted by Gasteiger charge is -2.14. The molecule has 3 aromatic carbocycles. The van der Waals surface area contributed by atoms with E-state index in [0.29, 0.717) is 21.9 Å². The third-order valence-corrected chi connectivity index (χ3v) is 5.21. The van der Waals surface area contributed by atoms with Crippen LogP contribution in [0.4, 0.5) is 0 Å². The summed E-state index contributed by atoms with van der Waals surface area (Å²) in [6.07, 6.45) is 0. The topological polar surface area (TPSA) is 84.2 Å². The fourth-order valence-electron chi connectivity index (χ4n) is 3.36. The first-order valence-corrected chi connectivity index (χ1v) is 10.2. The van der Waals surface area contributed by atoms with Crippen molar-refractivity contribution < 1.29 is 28.2 Å². The summed E-state index contributed by atoms with van der Waals surface area (Å²) >= 11 is 6.00. The minimum atomic E-state index is -0.799. The first kappa shape index (κ1) is 22.2. The zero-order valence-electron chi connectivity index (χ0n) is 18.0. The van der Waals surface area contributed by atoms with E-state index < -0.39 is 11.4 Å². The minimum absolute atomic E-state index is 0.0964. The zero-order chi connectivity index (χ0) is 23.5. The number of hydrogen-bond donors (Lipinski definition) is 0. The summed E-state index contributed by atoms with van der Waals surface area (Å²) in [7, 11) is 4.32. The Balaban J connectivity index is 1.85. The third kappa shape index (κ3) is 4.23. The molecule has 0 saturated carbocycles. The normalized spacial score (nSPS) is 10.7. The van der Waals surface area contributed by atoms with Gasteiger partial charge in [-0.1, -0.05) is 23.7 Å². The molecule has 1 aromatic heterocycles. The second-order valence-electron chi connectivity index (χ2n) is 6.90. The van der Waals surface area contributed by atoms with Crippen molar-refractivity contribution in [3.05, 3.63) is 81.5 Å². The van der Waals surface area contributed by atoms with Crippen LogP contribution in [-0.2, 0) is 0 Å². The molecule has 0 bridgehead atoms. The highest BCUT2D eigenvalue weighted by molar-refractivity contribution is 6.30. The Morgan fingerprint density at radius 3 is 2.09 bits per heavy atom. The number of halogens is 1. The Labute approximate surface area is 194 Å². The van der Waals surface area contributed by atoms with Crippen molar-refractivity contribution in [2.24, 2.45) is 0 Å². The van der Waals surface area contributed by atoms with Crippen LogP contribution in [-0.4, -0.2) is 27.3 Å². The maximum absolute atomic E-state index is 13.3. The van der Waals surface area contributed by atoms with Gasteiger partial charge in [0.25, 0.3) is 0 Å². The summed E-state index contributed by atoms with van der Waals surface area (Å²) in [4.78, 5) is 26.4. The molecule has 0 aliphatic rings. The van der Waals surface area contributed by atoms with E-state index in [1.54, 1.807) is 48.5 Å². The minimum Gasteiger partial charge on any atom is -0.493 e. The quantitative estimate of drug-likeness (QED) is 0.354. The summed E-state index contributed by atoms with van der Waals surface area (Å²) in [5.74, 6) is -0.0684. The van der Waals surface area contributed by atoms with Crippen LogP contribution in [0.5, 0.6) is 23.0 Å². The summed E-state index contributed by atoms with van der Waals surface area (Å²) in [6, 6.07) is 16.2. The fraction of sp³-hybridized carbons (Fsp3) is 0.120. The number of carbonyl (C=O) groups is 1. The predicted octanol–water partition coefficient (Wildman–Crippen LogP) is 5.36. The van der Waals surface area contributed by atoms with Crippen molar-refractivity contribution in [1.82, 2.24) is 0 Å². The van der Waals surface area contributed by atoms with Gasteiger partial charge in [-0.2, -0.15) is 0 Å². The second-order valence-corrected chi connectivity index (χ2v) is 7.33. The van der Waals surface area contributed by atoms with Gasteiger partial charge in [-0.25, -0.2) is 4.79 Å². The van der Waals surface area contributed by atoms with Gasteiger partial charge < -0.3 is 23.4 Å². The average molecular weight is 467 g/mol. The number of fused-ring (bicyclic) bond motifs is 1. The van der Waals surface area contributed by atoms with E-state index in [9.17, 15) is 9.59 Å². The summed E-state index contributed by atoms with van der Waals surface area (Å²) < 4.78 is 27.5. The van der Waals surface area contributed by atoms with Crippen LogP contribution < -0.4 is 24.4 Å². The number of para-hydroxylation sites is 1. The molecule has 0 spiro atoms. The van der Waals surface area contributed by atoms with Crippen molar-refractivity contribution in [2.75, 3.05) is 21.3 Å². The highest BCUT2D eigenvalue weighted by Gasteiger charge is 2.23. The van der Waals surface area contributed by atoms with Crippen LogP contribution in [0.2, 0.25) is 5.02 Å². The van der Waals surface area contributed by atoms with Crippen molar-refractivity contribution in [3.63, 3.8) is 0 Å². The molecular weight excluding hydrogens is 448 g/mol. The number of ether oxygens (including phenoxy) is 4. The lowest BCUT2D eigenvalue weighted by atomic mass is 10.1. The van der Waals surface area contributed by atoms with Gasteiger partial charge in [-0.05, 0) is 48.5 Å². The van der Waals surface area contributed by atoms with Gasteiger partial charge in [0, 0.05) is 10.6 Å². The molecule has 7 nitrogen and oxygen atoms in total. The first-order valence-electron chi connectivity index (χ1n) is 9.80. The predicted molar refractivity (Wildman–Crippen MR) is 124 cm³/mol. The standard InChI is InChI=1S/C25H19ClO7/c1-29-19-12-15(13-20(30-2)23(19)31-3)25(28)33-24-21(27)17-6-4-5-7-18(17)32-22(24)14-8-10-16(26)11-9-14/h4-13H,1-3H3. The Hall–Kier alpha value is -3.97. The van der Waals surface area contributed by atoms with Crippen LogP contribution in [0, 0.1) is 0 Å². The summed E-state index contributed by atoms with van der Waals surface area (Å²) in [5.41, 5.74) is 0.497. The van der Waals surface area contributed by atoms with E-state index in [0.717, 1.165) is 0 Å². The summed E-state index contributed by atoms with van der Waals surface area (Å²) in [5, 5.41) is 0.792. The van der Waals surface area contributed by atoms with Crippen LogP contribution in [0.25, 0.3) is 22.3 Å². The van der Waals surface area contributed by atoms with E-state index in [1.165, 1.54) is 33.5 Å². The number of rotatable bonds is 6. The molecule has 4 rings (SSSR count). The number of methoxy groups -OCH3 is 3. The molecule has 0 saturated heterocycles. The lowest BCUT2D eigenvalue weighted by Crippen LogP contribution is -2.16. The molecule has 0 amide bonds. The highest BCUT2D eigenvalue weighted by atomic mass is 35.5. The maximum atomic E-state index is 13.3. The monoisotopic (exact) mass is 466 g/mol. The number of esters is 1. The second kappa shape index (κ2) is 9.26. The molecular formula is C25H19ClO7. The molecule has 33 heavy (non-hydrogen) atoms. The van der Waals surface area contributed by atoms with Gasteiger partial charge in [0.1, 0.15) is 5.58 Å². The Bertz CT molecular complexity index is 1370. The molecule has 8 heteroatoms. The molecule has 0 aliphatic carbocycles. The molecule has 0 aliphatic heterocycles. The number of hydrogen-bond acceptors (Lipinski definition) is 7. The molecule has 0 atom stereocenters. The van der Waals surface area contributed by atoms with Gasteiger partial charge in [0.2, 0.25) is 16.9 Å². The van der Waals surface area contributed by atoms with E-state index in [4.69, 9.17) is 35.0 Å². The first-order chi connectivity index (χ1) is 16.0. The van der Waals surface area contributed by atoms with Crippen molar-refractivity contribution >= 4 is 28.5 Å². The summed E-state index contributed by atoms with van der Waals surface area (Å²) in [6.45, 7) is 0. The number of benzene rings is 3. The average Bonchev–Trinajstić information content (AvgIpc) is 2.85. The van der Waals surface area contributed by atoms with Crippen LogP contribution in [0.1, 0.15) is 10.4 Å². The molecule has 0 unspecified atom stereocenters. The van der Waals surface area contributed by atoms with Gasteiger partial charge in [0.15, 0.2) is 17.3 Å². The molecule has 168 valence electrons. The molecule has 4 aromatic rings. The van der Waals surface area contributed by atoms with Gasteiger partial charge in [-0.3, -0.25) is 4.79 Å². The van der Waals surface area contributed by atoms with Crippen molar-refractivity contribution in [2.45, 2.75) is 0 Å². The fourth-order valence-corrected chi connectivity index (χ4v) is 3.49. The van der Waals surface area contributed by atoms with Crippen LogP contribution in [0.3, 0.4) is 0 Å². The molecule has 1 heterocycles. The van der Waals surface area contributed by atoms with E-state index in [-0.39, 0.29) is 34.0 Å². The Kier molecular flexibility index (Phi) is 6.24.